The fourth-order valence-corrected chi connectivity index (χ4v) is 2.71. The molecule has 0 spiro atoms. The van der Waals surface area contributed by atoms with Crippen LogP contribution in [0.1, 0.15) is 34.1 Å². The Kier molecular flexibility index (Phi) is 7.73. The fourth-order valence-electron chi connectivity index (χ4n) is 2.42. The lowest BCUT2D eigenvalue weighted by atomic mass is 9.92. The van der Waals surface area contributed by atoms with Crippen molar-refractivity contribution in [3.05, 3.63) is 0 Å². The lowest BCUT2D eigenvalue weighted by molar-refractivity contribution is 0.0551. The number of nitrogens with zero attached hydrogens (tertiary/aromatic N) is 2. The summed E-state index contributed by atoms with van der Waals surface area (Å²) >= 11 is 1.75. The van der Waals surface area contributed by atoms with Gasteiger partial charge in [-0.25, -0.2) is 0 Å². The molecule has 3 nitrogen and oxygen atoms in total. The van der Waals surface area contributed by atoms with Gasteiger partial charge < -0.3 is 4.74 Å². The molecule has 1 fully saturated rings. The molecule has 114 valence electrons. The van der Waals surface area contributed by atoms with Crippen LogP contribution in [0.25, 0.3) is 0 Å². The maximum Gasteiger partial charge on any atom is 0.0918 e. The van der Waals surface area contributed by atoms with E-state index in [2.05, 4.69) is 43.8 Å². The first-order chi connectivity index (χ1) is 8.92. The molecule has 1 heterocycles. The van der Waals surface area contributed by atoms with Crippen LogP contribution >= 0.6 is 11.8 Å². The van der Waals surface area contributed by atoms with Gasteiger partial charge in [-0.2, -0.15) is 0 Å². The maximum atomic E-state index is 5.55. The van der Waals surface area contributed by atoms with E-state index in [1.165, 1.54) is 32.6 Å². The Bertz CT molecular complexity index is 243. The van der Waals surface area contributed by atoms with E-state index in [9.17, 15) is 0 Å². The van der Waals surface area contributed by atoms with Gasteiger partial charge in [0.15, 0.2) is 0 Å². The van der Waals surface area contributed by atoms with Gasteiger partial charge in [-0.05, 0) is 31.6 Å². The molecule has 19 heavy (non-hydrogen) atoms. The Balaban J connectivity index is 2.20. The second-order valence-electron chi connectivity index (χ2n) is 6.81. The van der Waals surface area contributed by atoms with Crippen LogP contribution in [-0.2, 0) is 4.74 Å². The Morgan fingerprint density at radius 3 is 2.53 bits per heavy atom. The summed E-state index contributed by atoms with van der Waals surface area (Å²) in [5.74, 6) is 0.821. The third-order valence-corrected chi connectivity index (χ3v) is 4.15. The highest BCUT2D eigenvalue weighted by atomic mass is 32.2. The van der Waals surface area contributed by atoms with Gasteiger partial charge in [0.2, 0.25) is 0 Å². The van der Waals surface area contributed by atoms with Crippen LogP contribution in [0.15, 0.2) is 0 Å². The van der Waals surface area contributed by atoms with Crippen LogP contribution in [0.3, 0.4) is 0 Å². The average molecular weight is 289 g/mol. The first kappa shape index (κ1) is 17.3. The van der Waals surface area contributed by atoms with E-state index >= 15 is 0 Å². The normalized spacial score (nSPS) is 22.9. The van der Waals surface area contributed by atoms with Crippen molar-refractivity contribution in [1.82, 2.24) is 9.80 Å². The molecule has 0 aromatic heterocycles. The number of thioether (sulfide) groups is 1. The molecular formula is C15H32N2OS. The van der Waals surface area contributed by atoms with Crippen LogP contribution < -0.4 is 0 Å². The number of piperazine rings is 1. The first-order valence-electron chi connectivity index (χ1n) is 7.45. The summed E-state index contributed by atoms with van der Waals surface area (Å²) in [7, 11) is 0. The second-order valence-corrected chi connectivity index (χ2v) is 7.62. The van der Waals surface area contributed by atoms with E-state index in [1.54, 1.807) is 11.8 Å². The standard InChI is InChI=1S/C15H32N2OS/c1-14-12-16(10-11-18-13-19-5)8-9-17(14)7-6-15(2,3)4/h14H,6-13H2,1-5H3/t14-/m0/s1. The summed E-state index contributed by atoms with van der Waals surface area (Å²) < 4.78 is 5.55. The van der Waals surface area contributed by atoms with Crippen LogP contribution in [0.4, 0.5) is 0 Å². The molecule has 0 unspecified atom stereocenters. The highest BCUT2D eigenvalue weighted by molar-refractivity contribution is 7.98. The Hall–Kier alpha value is 0.230. The molecule has 4 heteroatoms. The monoisotopic (exact) mass is 288 g/mol. The van der Waals surface area contributed by atoms with Gasteiger partial charge in [0.25, 0.3) is 0 Å². The molecule has 0 aliphatic carbocycles. The van der Waals surface area contributed by atoms with Crippen molar-refractivity contribution in [1.29, 1.82) is 0 Å². The second kappa shape index (κ2) is 8.50. The predicted octanol–water partition coefficient (Wildman–Crippen LogP) is 2.77. The molecule has 0 bridgehead atoms. The van der Waals surface area contributed by atoms with E-state index in [-0.39, 0.29) is 0 Å². The molecule has 0 saturated carbocycles. The van der Waals surface area contributed by atoms with Crippen molar-refractivity contribution in [3.63, 3.8) is 0 Å². The lowest BCUT2D eigenvalue weighted by Crippen LogP contribution is -2.52. The minimum absolute atomic E-state index is 0.447. The highest BCUT2D eigenvalue weighted by Gasteiger charge is 2.24. The Morgan fingerprint density at radius 2 is 1.95 bits per heavy atom. The summed E-state index contributed by atoms with van der Waals surface area (Å²) in [6.07, 6.45) is 3.37. The molecule has 1 rings (SSSR count). The largest absolute Gasteiger partial charge is 0.370 e. The van der Waals surface area contributed by atoms with Gasteiger partial charge in [0.05, 0.1) is 12.5 Å². The SMILES string of the molecule is CSCOCCN1CCN(CCC(C)(C)C)[C@@H](C)C1. The number of rotatable bonds is 7. The Morgan fingerprint density at radius 1 is 1.21 bits per heavy atom. The summed E-state index contributed by atoms with van der Waals surface area (Å²) in [4.78, 5) is 5.18. The van der Waals surface area contributed by atoms with Crippen molar-refractivity contribution < 1.29 is 4.74 Å². The molecule has 1 aliphatic rings. The molecule has 1 aliphatic heterocycles. The molecule has 0 N–H and O–H groups in total. The molecule has 0 aromatic rings. The topological polar surface area (TPSA) is 15.7 Å². The number of hydrogen-bond acceptors (Lipinski definition) is 4. The van der Waals surface area contributed by atoms with Crippen LogP contribution in [0, 0.1) is 5.41 Å². The van der Waals surface area contributed by atoms with Crippen LogP contribution in [0.2, 0.25) is 0 Å². The van der Waals surface area contributed by atoms with Crippen molar-refractivity contribution >= 4 is 11.8 Å². The molecule has 1 atom stereocenters. The van der Waals surface area contributed by atoms with Gasteiger partial charge in [-0.3, -0.25) is 9.80 Å². The minimum Gasteiger partial charge on any atom is -0.370 e. The first-order valence-corrected chi connectivity index (χ1v) is 8.85. The summed E-state index contributed by atoms with van der Waals surface area (Å²) in [6, 6.07) is 0.677. The van der Waals surface area contributed by atoms with E-state index in [0.717, 1.165) is 19.1 Å². The van der Waals surface area contributed by atoms with Crippen molar-refractivity contribution in [3.8, 4) is 0 Å². The zero-order chi connectivity index (χ0) is 14.3. The average Bonchev–Trinajstić information content (AvgIpc) is 2.32. The van der Waals surface area contributed by atoms with Gasteiger partial charge >= 0.3 is 0 Å². The van der Waals surface area contributed by atoms with Crippen molar-refractivity contribution in [2.45, 2.75) is 40.2 Å². The van der Waals surface area contributed by atoms with Gasteiger partial charge in [0.1, 0.15) is 0 Å². The van der Waals surface area contributed by atoms with Crippen molar-refractivity contribution in [2.75, 3.05) is 51.5 Å². The predicted molar refractivity (Wildman–Crippen MR) is 85.9 cm³/mol. The van der Waals surface area contributed by atoms with Gasteiger partial charge in [-0.15, -0.1) is 11.8 Å². The quantitative estimate of drug-likeness (QED) is 0.528. The van der Waals surface area contributed by atoms with E-state index in [0.29, 0.717) is 11.5 Å². The zero-order valence-electron chi connectivity index (χ0n) is 13.4. The third-order valence-electron chi connectivity index (χ3n) is 3.75. The Labute approximate surface area is 124 Å². The molecule has 1 saturated heterocycles. The molecule has 0 amide bonds. The minimum atomic E-state index is 0.447. The van der Waals surface area contributed by atoms with E-state index in [1.807, 2.05) is 0 Å². The summed E-state index contributed by atoms with van der Waals surface area (Å²) in [5, 5.41) is 0. The number of ether oxygens (including phenoxy) is 1. The summed E-state index contributed by atoms with van der Waals surface area (Å²) in [6.45, 7) is 16.1. The molecular weight excluding hydrogens is 256 g/mol. The summed E-state index contributed by atoms with van der Waals surface area (Å²) in [5.41, 5.74) is 0.447. The smallest absolute Gasteiger partial charge is 0.0918 e. The van der Waals surface area contributed by atoms with Crippen LogP contribution in [0.5, 0.6) is 0 Å². The van der Waals surface area contributed by atoms with Gasteiger partial charge in [0, 0.05) is 32.2 Å². The van der Waals surface area contributed by atoms with Crippen LogP contribution in [-0.4, -0.2) is 67.4 Å². The fraction of sp³-hybridized carbons (Fsp3) is 1.00. The maximum absolute atomic E-state index is 5.55. The lowest BCUT2D eigenvalue weighted by Gasteiger charge is -2.40. The van der Waals surface area contributed by atoms with Crippen molar-refractivity contribution in [2.24, 2.45) is 5.41 Å². The molecule has 0 radical (unpaired) electrons. The number of hydrogen-bond donors (Lipinski definition) is 0. The van der Waals surface area contributed by atoms with E-state index < -0.39 is 0 Å². The zero-order valence-corrected chi connectivity index (χ0v) is 14.3. The highest BCUT2D eigenvalue weighted by Crippen LogP contribution is 2.20. The van der Waals surface area contributed by atoms with Gasteiger partial charge in [-0.1, -0.05) is 20.8 Å². The van der Waals surface area contributed by atoms with E-state index in [4.69, 9.17) is 4.74 Å². The molecule has 0 aromatic carbocycles. The third kappa shape index (κ3) is 7.54.